The van der Waals surface area contributed by atoms with Crippen LogP contribution in [0.15, 0.2) is 55.0 Å². The number of Topliss-reactive ketones (excluding diaryl/α,β-unsaturated/α-hetero) is 1. The third-order valence-corrected chi connectivity index (χ3v) is 9.44. The summed E-state index contributed by atoms with van der Waals surface area (Å²) in [5, 5.41) is 12.1. The van der Waals surface area contributed by atoms with Gasteiger partial charge in [-0.15, -0.1) is 0 Å². The molecule has 1 fully saturated rings. The second-order valence-electron chi connectivity index (χ2n) is 7.89. The third-order valence-electron chi connectivity index (χ3n) is 5.77. The standard InChI is InChI=1S/C23H22N6O2.Sn/c1-4-16(5-2)20-13-21(29(27-20)18-9-7-17(8-10-18)15(3)30)26-23(31)19-14-25-28-12-6-11-24-22(19)28;/h6-14,16H,1-2,4-5H2,3H3,(H,26,31);. The van der Waals surface area contributed by atoms with Gasteiger partial charge < -0.3 is 0 Å². The minimum atomic E-state index is -0.288. The van der Waals surface area contributed by atoms with Crippen molar-refractivity contribution in [1.29, 1.82) is 0 Å². The van der Waals surface area contributed by atoms with Gasteiger partial charge in [0.15, 0.2) is 0 Å². The van der Waals surface area contributed by atoms with Gasteiger partial charge in [-0.3, -0.25) is 0 Å². The summed E-state index contributed by atoms with van der Waals surface area (Å²) in [4.78, 5) is 29.1. The van der Waals surface area contributed by atoms with Crippen molar-refractivity contribution in [2.45, 2.75) is 34.6 Å². The number of hydrogen-bond donors (Lipinski definition) is 1. The minimum absolute atomic E-state index is 0.0131. The summed E-state index contributed by atoms with van der Waals surface area (Å²) >= 11 is -0.176. The predicted octanol–water partition coefficient (Wildman–Crippen LogP) is 3.79. The Kier molecular flexibility index (Phi) is 5.77. The van der Waals surface area contributed by atoms with E-state index in [1.54, 1.807) is 46.7 Å². The second-order valence-corrected chi connectivity index (χ2v) is 12.2. The molecule has 2 radical (unpaired) electrons. The Bertz CT molecular complexity index is 1290. The van der Waals surface area contributed by atoms with E-state index in [0.29, 0.717) is 28.5 Å². The van der Waals surface area contributed by atoms with Gasteiger partial charge >= 0.3 is 190 Å². The predicted molar refractivity (Wildman–Crippen MR) is 122 cm³/mol. The van der Waals surface area contributed by atoms with Crippen LogP contribution in [0, 0.1) is 0 Å². The van der Waals surface area contributed by atoms with Crippen molar-refractivity contribution < 1.29 is 9.59 Å². The summed E-state index contributed by atoms with van der Waals surface area (Å²) in [5.74, 6) is 0.752. The summed E-state index contributed by atoms with van der Waals surface area (Å²) in [7, 11) is 0. The number of anilines is 1. The summed E-state index contributed by atoms with van der Waals surface area (Å²) in [6, 6.07) is 11.0. The van der Waals surface area contributed by atoms with Gasteiger partial charge in [0.05, 0.1) is 0 Å². The first kappa shape index (κ1) is 20.9. The maximum absolute atomic E-state index is 13.1. The van der Waals surface area contributed by atoms with Gasteiger partial charge in [0.25, 0.3) is 0 Å². The Morgan fingerprint density at radius 2 is 1.94 bits per heavy atom. The Morgan fingerprint density at radius 3 is 2.69 bits per heavy atom. The number of ketones is 1. The molecule has 0 aliphatic carbocycles. The molecule has 3 aromatic heterocycles. The van der Waals surface area contributed by atoms with E-state index in [9.17, 15) is 9.59 Å². The SMILES string of the molecule is CC(=O)c1ccc(-n2nc(C3C[CH2][Sn][CH2]C3)cc2NC(=O)c2cnn3cccnc23)cc1. The summed E-state index contributed by atoms with van der Waals surface area (Å²) in [6.07, 6.45) is 7.27. The van der Waals surface area contributed by atoms with Crippen LogP contribution in [0.5, 0.6) is 0 Å². The maximum atomic E-state index is 13.1. The van der Waals surface area contributed by atoms with Crippen molar-refractivity contribution >= 4 is 44.3 Å². The third kappa shape index (κ3) is 4.06. The number of carbonyl (C=O) groups is 2. The zero-order chi connectivity index (χ0) is 22.1. The number of amides is 1. The molecule has 8 nitrogen and oxygen atoms in total. The van der Waals surface area contributed by atoms with Crippen LogP contribution in [0.1, 0.15) is 52.1 Å². The van der Waals surface area contributed by atoms with Gasteiger partial charge in [-0.25, -0.2) is 0 Å². The fourth-order valence-electron chi connectivity index (χ4n) is 4.01. The first-order chi connectivity index (χ1) is 15.6. The summed E-state index contributed by atoms with van der Waals surface area (Å²) in [6.45, 7) is 1.55. The van der Waals surface area contributed by atoms with Gasteiger partial charge in [0, 0.05) is 0 Å². The van der Waals surface area contributed by atoms with Crippen LogP contribution >= 0.6 is 0 Å². The number of fused-ring (bicyclic) bond motifs is 1. The van der Waals surface area contributed by atoms with Crippen LogP contribution in [0.4, 0.5) is 5.82 Å². The molecule has 1 aromatic carbocycles. The Balaban J connectivity index is 1.51. The molecule has 0 bridgehead atoms. The molecule has 9 heteroatoms. The van der Waals surface area contributed by atoms with Crippen LogP contribution in [0.2, 0.25) is 8.87 Å². The fraction of sp³-hybridized carbons (Fsp3) is 0.261. The average molecular weight is 533 g/mol. The van der Waals surface area contributed by atoms with Crippen LogP contribution < -0.4 is 5.32 Å². The molecule has 1 N–H and O–H groups in total. The van der Waals surface area contributed by atoms with E-state index in [-0.39, 0.29) is 32.8 Å². The number of nitrogens with one attached hydrogen (secondary N) is 1. The van der Waals surface area contributed by atoms with E-state index in [4.69, 9.17) is 5.10 Å². The van der Waals surface area contributed by atoms with Gasteiger partial charge in [0.1, 0.15) is 0 Å². The van der Waals surface area contributed by atoms with Crippen molar-refractivity contribution in [1.82, 2.24) is 24.4 Å². The average Bonchev–Trinajstić information content (AvgIpc) is 3.44. The molecule has 32 heavy (non-hydrogen) atoms. The van der Waals surface area contributed by atoms with Gasteiger partial charge in [-0.2, -0.15) is 0 Å². The van der Waals surface area contributed by atoms with Crippen LogP contribution in [0.25, 0.3) is 11.3 Å². The van der Waals surface area contributed by atoms with Crippen molar-refractivity contribution in [2.75, 3.05) is 5.32 Å². The van der Waals surface area contributed by atoms with Crippen molar-refractivity contribution in [3.05, 3.63) is 71.8 Å². The number of aromatic nitrogens is 5. The van der Waals surface area contributed by atoms with Crippen LogP contribution in [-0.4, -0.2) is 57.2 Å². The molecular weight excluding hydrogens is 511 g/mol. The number of hydrogen-bond acceptors (Lipinski definition) is 5. The van der Waals surface area contributed by atoms with Crippen LogP contribution in [0.3, 0.4) is 0 Å². The number of benzene rings is 1. The second kappa shape index (κ2) is 8.85. The monoisotopic (exact) mass is 534 g/mol. The molecule has 4 heterocycles. The Hall–Kier alpha value is -3.01. The van der Waals surface area contributed by atoms with E-state index in [1.807, 2.05) is 18.2 Å². The Morgan fingerprint density at radius 1 is 1.16 bits per heavy atom. The molecule has 0 saturated carbocycles. The first-order valence-electron chi connectivity index (χ1n) is 10.6. The molecule has 0 atom stereocenters. The van der Waals surface area contributed by atoms with Crippen molar-refractivity contribution in [2.24, 2.45) is 0 Å². The van der Waals surface area contributed by atoms with Gasteiger partial charge in [-0.1, -0.05) is 0 Å². The van der Waals surface area contributed by atoms with E-state index in [0.717, 1.165) is 11.4 Å². The van der Waals surface area contributed by atoms with E-state index < -0.39 is 0 Å². The molecule has 1 saturated heterocycles. The topological polar surface area (TPSA) is 94.2 Å². The Labute approximate surface area is 195 Å². The zero-order valence-electron chi connectivity index (χ0n) is 17.7. The molecule has 1 aliphatic heterocycles. The van der Waals surface area contributed by atoms with Gasteiger partial charge in [0.2, 0.25) is 0 Å². The summed E-state index contributed by atoms with van der Waals surface area (Å²) < 4.78 is 6.06. The number of nitrogens with zero attached hydrogens (tertiary/aromatic N) is 5. The molecule has 0 unspecified atom stereocenters. The van der Waals surface area contributed by atoms with Crippen LogP contribution in [-0.2, 0) is 0 Å². The molecular formula is C23H22N6O2Sn. The first-order valence-corrected chi connectivity index (χ1v) is 14.7. The van der Waals surface area contributed by atoms with Crippen molar-refractivity contribution in [3.63, 3.8) is 0 Å². The molecule has 5 rings (SSSR count). The fourth-order valence-corrected chi connectivity index (χ4v) is 7.88. The number of rotatable bonds is 5. The zero-order valence-corrected chi connectivity index (χ0v) is 20.5. The summed E-state index contributed by atoms with van der Waals surface area (Å²) in [5.41, 5.74) is 3.34. The molecule has 0 spiro atoms. The molecule has 1 aliphatic rings. The van der Waals surface area contributed by atoms with Gasteiger partial charge in [-0.05, 0) is 6.07 Å². The quantitative estimate of drug-likeness (QED) is 0.312. The van der Waals surface area contributed by atoms with Crippen molar-refractivity contribution in [3.8, 4) is 5.69 Å². The van der Waals surface area contributed by atoms with E-state index in [1.165, 1.54) is 27.9 Å². The number of carbonyl (C=O) groups excluding carboxylic acids is 2. The molecule has 160 valence electrons. The van der Waals surface area contributed by atoms with E-state index in [2.05, 4.69) is 15.4 Å². The molecule has 4 aromatic rings. The normalized spacial score (nSPS) is 14.5. The van der Waals surface area contributed by atoms with E-state index >= 15 is 0 Å². The molecule has 1 amide bonds.